The molecule has 1 fully saturated rings. The first kappa shape index (κ1) is 14.5. The third-order valence-electron chi connectivity index (χ3n) is 3.76. The number of hydrogen-bond acceptors (Lipinski definition) is 3. The maximum atomic E-state index is 10.9. The van der Waals surface area contributed by atoms with Crippen molar-refractivity contribution in [3.63, 3.8) is 0 Å². The Bertz CT molecular complexity index is 215. The van der Waals surface area contributed by atoms with Crippen LogP contribution in [0.5, 0.6) is 0 Å². The van der Waals surface area contributed by atoms with E-state index in [4.69, 9.17) is 5.84 Å². The largest absolute Gasteiger partial charge is 0.301 e. The van der Waals surface area contributed by atoms with Crippen LogP contribution < -0.4 is 11.3 Å². The molecule has 0 spiro atoms. The van der Waals surface area contributed by atoms with Gasteiger partial charge in [0.05, 0.1) is 0 Å². The Labute approximate surface area is 105 Å². The maximum absolute atomic E-state index is 10.9. The molecule has 1 amide bonds. The molecule has 0 bridgehead atoms. The van der Waals surface area contributed by atoms with Crippen LogP contribution in [-0.2, 0) is 4.79 Å². The molecule has 0 aromatic carbocycles. The highest BCUT2D eigenvalue weighted by atomic mass is 16.2. The van der Waals surface area contributed by atoms with Gasteiger partial charge in [0.2, 0.25) is 5.91 Å². The number of carbonyl (C=O) groups excluding carboxylic acids is 1. The van der Waals surface area contributed by atoms with Crippen LogP contribution >= 0.6 is 0 Å². The fourth-order valence-electron chi connectivity index (χ4n) is 2.72. The molecule has 17 heavy (non-hydrogen) atoms. The summed E-state index contributed by atoms with van der Waals surface area (Å²) in [7, 11) is 0. The van der Waals surface area contributed by atoms with Crippen LogP contribution in [0, 0.1) is 0 Å². The van der Waals surface area contributed by atoms with Gasteiger partial charge in [-0.3, -0.25) is 10.2 Å². The molecular weight excluding hydrogens is 214 g/mol. The second-order valence-electron chi connectivity index (χ2n) is 4.95. The van der Waals surface area contributed by atoms with Crippen molar-refractivity contribution in [3.8, 4) is 0 Å². The van der Waals surface area contributed by atoms with Crippen LogP contribution in [0.15, 0.2) is 0 Å². The number of hydrazine groups is 1. The van der Waals surface area contributed by atoms with Gasteiger partial charge in [0, 0.05) is 12.5 Å². The minimum Gasteiger partial charge on any atom is -0.301 e. The van der Waals surface area contributed by atoms with Crippen molar-refractivity contribution in [3.05, 3.63) is 0 Å². The molecule has 0 aromatic heterocycles. The van der Waals surface area contributed by atoms with Crippen molar-refractivity contribution in [1.29, 1.82) is 0 Å². The van der Waals surface area contributed by atoms with Crippen molar-refractivity contribution in [2.75, 3.05) is 13.1 Å². The van der Waals surface area contributed by atoms with Gasteiger partial charge >= 0.3 is 0 Å². The number of unbranched alkanes of at least 4 members (excludes halogenated alkanes) is 2. The summed E-state index contributed by atoms with van der Waals surface area (Å²) in [5.41, 5.74) is 2.17. The molecule has 0 aromatic rings. The van der Waals surface area contributed by atoms with Crippen molar-refractivity contribution < 1.29 is 4.79 Å². The molecule has 0 heterocycles. The first-order valence-corrected chi connectivity index (χ1v) is 7.01. The molecule has 0 radical (unpaired) electrons. The number of carbonyl (C=O) groups is 1. The van der Waals surface area contributed by atoms with Gasteiger partial charge in [-0.05, 0) is 38.8 Å². The Morgan fingerprint density at radius 2 is 2.00 bits per heavy atom. The van der Waals surface area contributed by atoms with Gasteiger partial charge in [0.15, 0.2) is 0 Å². The summed E-state index contributed by atoms with van der Waals surface area (Å²) < 4.78 is 0. The van der Waals surface area contributed by atoms with Crippen LogP contribution in [-0.4, -0.2) is 29.9 Å². The van der Waals surface area contributed by atoms with Gasteiger partial charge in [-0.1, -0.05) is 26.2 Å². The molecule has 4 heteroatoms. The average Bonchev–Trinajstić information content (AvgIpc) is 2.87. The maximum Gasteiger partial charge on any atom is 0.233 e. The zero-order valence-electron chi connectivity index (χ0n) is 11.1. The summed E-state index contributed by atoms with van der Waals surface area (Å²) in [5, 5.41) is 0. The normalized spacial score (nSPS) is 16.6. The van der Waals surface area contributed by atoms with Crippen LogP contribution in [0.2, 0.25) is 0 Å². The van der Waals surface area contributed by atoms with Gasteiger partial charge in [0.25, 0.3) is 0 Å². The monoisotopic (exact) mass is 241 g/mol. The first-order chi connectivity index (χ1) is 8.27. The Balaban J connectivity index is 2.05. The predicted octanol–water partition coefficient (Wildman–Crippen LogP) is 1.80. The van der Waals surface area contributed by atoms with E-state index in [0.29, 0.717) is 6.42 Å². The van der Waals surface area contributed by atoms with Crippen LogP contribution in [0.3, 0.4) is 0 Å². The predicted molar refractivity (Wildman–Crippen MR) is 70.3 cm³/mol. The lowest BCUT2D eigenvalue weighted by atomic mass is 10.1. The lowest BCUT2D eigenvalue weighted by molar-refractivity contribution is -0.121. The standard InChI is InChI=1S/C13H27N3O/c1-2-16(12-8-5-6-9-12)11-7-3-4-10-13(17)15-14/h12H,2-11,14H2,1H3,(H,15,17). The van der Waals surface area contributed by atoms with Gasteiger partial charge in [-0.2, -0.15) is 0 Å². The zero-order valence-corrected chi connectivity index (χ0v) is 11.1. The van der Waals surface area contributed by atoms with Crippen molar-refractivity contribution in [1.82, 2.24) is 10.3 Å². The quantitative estimate of drug-likeness (QED) is 0.295. The second kappa shape index (κ2) is 8.48. The van der Waals surface area contributed by atoms with Crippen molar-refractivity contribution >= 4 is 5.91 Å². The van der Waals surface area contributed by atoms with Gasteiger partial charge in [-0.25, -0.2) is 5.84 Å². The summed E-state index contributed by atoms with van der Waals surface area (Å²) in [6.07, 6.45) is 9.39. The molecule has 1 rings (SSSR count). The van der Waals surface area contributed by atoms with Crippen LogP contribution in [0.4, 0.5) is 0 Å². The van der Waals surface area contributed by atoms with Crippen molar-refractivity contribution in [2.45, 2.75) is 64.3 Å². The summed E-state index contributed by atoms with van der Waals surface area (Å²) in [6.45, 7) is 4.60. The number of hydrogen-bond donors (Lipinski definition) is 2. The van der Waals surface area contributed by atoms with Crippen molar-refractivity contribution in [2.24, 2.45) is 5.84 Å². The number of rotatable bonds is 8. The fourth-order valence-corrected chi connectivity index (χ4v) is 2.72. The van der Waals surface area contributed by atoms with E-state index in [1.165, 1.54) is 38.6 Å². The van der Waals surface area contributed by atoms with Gasteiger partial charge in [-0.15, -0.1) is 0 Å². The Morgan fingerprint density at radius 1 is 1.29 bits per heavy atom. The Hall–Kier alpha value is -0.610. The third-order valence-corrected chi connectivity index (χ3v) is 3.76. The van der Waals surface area contributed by atoms with E-state index in [0.717, 1.165) is 25.4 Å². The molecule has 0 atom stereocenters. The molecular formula is C13H27N3O. The smallest absolute Gasteiger partial charge is 0.233 e. The van der Waals surface area contributed by atoms with E-state index in [1.807, 2.05) is 0 Å². The second-order valence-corrected chi connectivity index (χ2v) is 4.95. The van der Waals surface area contributed by atoms with Crippen LogP contribution in [0.1, 0.15) is 58.3 Å². The van der Waals surface area contributed by atoms with E-state index in [9.17, 15) is 4.79 Å². The van der Waals surface area contributed by atoms with E-state index in [-0.39, 0.29) is 5.91 Å². The Kier molecular flexibility index (Phi) is 7.21. The molecule has 0 unspecified atom stereocenters. The highest BCUT2D eigenvalue weighted by molar-refractivity contribution is 5.74. The SMILES string of the molecule is CCN(CCCCCC(=O)NN)C1CCCC1. The fraction of sp³-hybridized carbons (Fsp3) is 0.923. The lowest BCUT2D eigenvalue weighted by Crippen LogP contribution is -2.34. The van der Waals surface area contributed by atoms with E-state index < -0.39 is 0 Å². The lowest BCUT2D eigenvalue weighted by Gasteiger charge is -2.27. The topological polar surface area (TPSA) is 58.4 Å². The van der Waals surface area contributed by atoms with Gasteiger partial charge < -0.3 is 4.90 Å². The molecule has 3 N–H and O–H groups in total. The summed E-state index contributed by atoms with van der Waals surface area (Å²) in [4.78, 5) is 13.5. The van der Waals surface area contributed by atoms with E-state index >= 15 is 0 Å². The number of nitrogens with zero attached hydrogens (tertiary/aromatic N) is 1. The molecule has 1 aliphatic rings. The minimum atomic E-state index is -0.0480. The highest BCUT2D eigenvalue weighted by Gasteiger charge is 2.20. The molecule has 1 aliphatic carbocycles. The number of nitrogens with two attached hydrogens (primary N) is 1. The number of nitrogens with one attached hydrogen (secondary N) is 1. The van der Waals surface area contributed by atoms with Gasteiger partial charge in [0.1, 0.15) is 0 Å². The number of amides is 1. The molecule has 100 valence electrons. The summed E-state index contributed by atoms with van der Waals surface area (Å²) in [6, 6.07) is 0.826. The van der Waals surface area contributed by atoms with E-state index in [1.54, 1.807) is 0 Å². The minimum absolute atomic E-state index is 0.0480. The third kappa shape index (κ3) is 5.50. The molecule has 0 aliphatic heterocycles. The average molecular weight is 241 g/mol. The summed E-state index contributed by atoms with van der Waals surface area (Å²) >= 11 is 0. The highest BCUT2D eigenvalue weighted by Crippen LogP contribution is 2.23. The first-order valence-electron chi connectivity index (χ1n) is 7.01. The van der Waals surface area contributed by atoms with Crippen LogP contribution in [0.25, 0.3) is 0 Å². The Morgan fingerprint density at radius 3 is 2.59 bits per heavy atom. The molecule has 0 saturated heterocycles. The molecule has 4 nitrogen and oxygen atoms in total. The summed E-state index contributed by atoms with van der Waals surface area (Å²) in [5.74, 6) is 4.98. The molecule has 1 saturated carbocycles. The zero-order chi connectivity index (χ0) is 12.5. The van der Waals surface area contributed by atoms with E-state index in [2.05, 4.69) is 17.2 Å².